The van der Waals surface area contributed by atoms with Crippen molar-refractivity contribution in [3.63, 3.8) is 0 Å². The summed E-state index contributed by atoms with van der Waals surface area (Å²) in [5.74, 6) is -0.415. The topological polar surface area (TPSA) is 46.5 Å². The number of sulfone groups is 1. The maximum absolute atomic E-state index is 12.6. The molecule has 1 aromatic rings. The van der Waals surface area contributed by atoms with E-state index in [-0.39, 0.29) is 8.86 Å². The molecule has 0 amide bonds. The van der Waals surface area contributed by atoms with Crippen LogP contribution in [0.4, 0.5) is 4.39 Å². The van der Waals surface area contributed by atoms with Gasteiger partial charge in [0.05, 0.1) is 6.20 Å². The number of hydrogen-bond acceptors (Lipinski definition) is 3. The molecule has 0 fully saturated rings. The van der Waals surface area contributed by atoms with Gasteiger partial charge in [0, 0.05) is 5.56 Å². The van der Waals surface area contributed by atoms with E-state index in [1.807, 2.05) is 0 Å². The molecule has 6 heteroatoms. The van der Waals surface area contributed by atoms with Crippen LogP contribution in [0.1, 0.15) is 5.56 Å². The van der Waals surface area contributed by atoms with Crippen LogP contribution in [0.25, 0.3) is 0 Å². The highest BCUT2D eigenvalue weighted by Gasteiger charge is 2.28. The number of rotatable bonds is 1. The van der Waals surface area contributed by atoms with Gasteiger partial charge < -0.3 is 0 Å². The van der Waals surface area contributed by atoms with Crippen LogP contribution in [0.5, 0.6) is 0 Å². The van der Waals surface area contributed by atoms with Crippen molar-refractivity contribution in [3.8, 4) is 0 Å². The summed E-state index contributed by atoms with van der Waals surface area (Å²) in [6, 6.07) is 5.15. The monoisotopic (exact) mass is 289 g/mol. The molecule has 0 N–H and O–H groups in total. The maximum Gasteiger partial charge on any atom is 0.232 e. The summed E-state index contributed by atoms with van der Waals surface area (Å²) in [5.41, 5.74) is 0.377. The molecule has 1 heterocycles. The zero-order chi connectivity index (χ0) is 11.1. The summed E-state index contributed by atoms with van der Waals surface area (Å²) in [4.78, 5) is 3.77. The summed E-state index contributed by atoms with van der Waals surface area (Å²) < 4.78 is 35.9. The summed E-state index contributed by atoms with van der Waals surface area (Å²) >= 11 is 2.90. The van der Waals surface area contributed by atoms with E-state index in [2.05, 4.69) is 20.9 Å². The Morgan fingerprint density at radius 1 is 1.20 bits per heavy atom. The Morgan fingerprint density at radius 2 is 1.80 bits per heavy atom. The fourth-order valence-corrected chi connectivity index (χ4v) is 2.74. The van der Waals surface area contributed by atoms with Gasteiger partial charge in [-0.25, -0.2) is 17.8 Å². The normalized spacial score (nSPS) is 18.5. The van der Waals surface area contributed by atoms with E-state index in [4.69, 9.17) is 0 Å². The van der Waals surface area contributed by atoms with Gasteiger partial charge in [-0.15, -0.1) is 0 Å². The quantitative estimate of drug-likeness (QED) is 0.796. The molecule has 1 aliphatic rings. The van der Waals surface area contributed by atoms with Crippen LogP contribution in [-0.2, 0) is 9.84 Å². The van der Waals surface area contributed by atoms with Gasteiger partial charge in [0.25, 0.3) is 0 Å². The van der Waals surface area contributed by atoms with Gasteiger partial charge in [-0.2, -0.15) is 0 Å². The SMILES string of the molecule is O=S1(=O)C(Br)=CN=C1c1ccc(F)cc1. The number of halogens is 2. The molecule has 0 saturated heterocycles. The zero-order valence-electron chi connectivity index (χ0n) is 7.31. The van der Waals surface area contributed by atoms with Crippen LogP contribution < -0.4 is 0 Å². The molecule has 0 spiro atoms. The molecule has 0 bridgehead atoms. The van der Waals surface area contributed by atoms with E-state index in [0.29, 0.717) is 5.56 Å². The van der Waals surface area contributed by atoms with Gasteiger partial charge in [-0.3, -0.25) is 0 Å². The van der Waals surface area contributed by atoms with Crippen molar-refractivity contribution in [2.75, 3.05) is 0 Å². The highest BCUT2D eigenvalue weighted by molar-refractivity contribution is 9.14. The van der Waals surface area contributed by atoms with Crippen molar-refractivity contribution in [2.24, 2.45) is 4.99 Å². The van der Waals surface area contributed by atoms with Crippen LogP contribution in [0, 0.1) is 5.82 Å². The molecule has 0 aromatic heterocycles. The number of hydrogen-bond donors (Lipinski definition) is 0. The van der Waals surface area contributed by atoms with Crippen LogP contribution >= 0.6 is 15.9 Å². The van der Waals surface area contributed by atoms with Crippen LogP contribution in [-0.4, -0.2) is 13.5 Å². The summed E-state index contributed by atoms with van der Waals surface area (Å²) in [6.07, 6.45) is 1.22. The van der Waals surface area contributed by atoms with Gasteiger partial charge in [-0.1, -0.05) is 0 Å². The smallest absolute Gasteiger partial charge is 0.232 e. The molecule has 1 aliphatic heterocycles. The predicted octanol–water partition coefficient (Wildman–Crippen LogP) is 2.19. The Kier molecular flexibility index (Phi) is 2.47. The second-order valence-electron chi connectivity index (χ2n) is 2.88. The molecular formula is C9H5BrFNO2S. The lowest BCUT2D eigenvalue weighted by atomic mass is 10.2. The highest BCUT2D eigenvalue weighted by Crippen LogP contribution is 2.26. The molecule has 0 saturated carbocycles. The Morgan fingerprint density at radius 3 is 2.27 bits per heavy atom. The minimum Gasteiger partial charge on any atom is -0.242 e. The second-order valence-corrected chi connectivity index (χ2v) is 6.09. The molecule has 2 rings (SSSR count). The lowest BCUT2D eigenvalue weighted by Gasteiger charge is -2.01. The molecule has 0 aliphatic carbocycles. The first-order valence-electron chi connectivity index (χ1n) is 3.96. The molecule has 3 nitrogen and oxygen atoms in total. The van der Waals surface area contributed by atoms with Gasteiger partial charge in [0.1, 0.15) is 9.63 Å². The van der Waals surface area contributed by atoms with Gasteiger partial charge in [-0.05, 0) is 40.2 Å². The van der Waals surface area contributed by atoms with E-state index in [0.717, 1.165) is 0 Å². The third-order valence-electron chi connectivity index (χ3n) is 1.89. The van der Waals surface area contributed by atoms with Gasteiger partial charge in [0.15, 0.2) is 5.04 Å². The fourth-order valence-electron chi connectivity index (χ4n) is 1.16. The fraction of sp³-hybridized carbons (Fsp3) is 0. The van der Waals surface area contributed by atoms with Crippen LogP contribution in [0.2, 0.25) is 0 Å². The average Bonchev–Trinajstić information content (AvgIpc) is 2.44. The first-order chi connectivity index (χ1) is 7.01. The van der Waals surface area contributed by atoms with Gasteiger partial charge in [0.2, 0.25) is 9.84 Å². The molecule has 78 valence electrons. The molecule has 0 unspecified atom stereocenters. The molecule has 0 atom stereocenters. The first-order valence-corrected chi connectivity index (χ1v) is 6.24. The van der Waals surface area contributed by atoms with E-state index >= 15 is 0 Å². The van der Waals surface area contributed by atoms with Gasteiger partial charge >= 0.3 is 0 Å². The number of aliphatic imine (C=N–C) groups is 1. The lowest BCUT2D eigenvalue weighted by Crippen LogP contribution is -2.12. The average molecular weight is 290 g/mol. The lowest BCUT2D eigenvalue weighted by molar-refractivity contribution is 0.615. The Bertz CT molecular complexity index is 560. The molecule has 0 radical (unpaired) electrons. The summed E-state index contributed by atoms with van der Waals surface area (Å²) in [7, 11) is -3.53. The Labute approximate surface area is 94.4 Å². The third kappa shape index (κ3) is 1.74. The molecule has 1 aromatic carbocycles. The van der Waals surface area contributed by atoms with E-state index in [1.165, 1.54) is 30.5 Å². The minimum absolute atomic E-state index is 0.0225. The van der Waals surface area contributed by atoms with E-state index in [1.54, 1.807) is 0 Å². The van der Waals surface area contributed by atoms with Crippen molar-refractivity contribution in [2.45, 2.75) is 0 Å². The van der Waals surface area contributed by atoms with Crippen LogP contribution in [0.15, 0.2) is 39.3 Å². The standard InChI is InChI=1S/C9H5BrFNO2S/c10-8-5-12-9(15(8,13)14)6-1-3-7(11)4-2-6/h1-5H. The minimum atomic E-state index is -3.53. The van der Waals surface area contributed by atoms with E-state index in [9.17, 15) is 12.8 Å². The highest BCUT2D eigenvalue weighted by atomic mass is 79.9. The van der Waals surface area contributed by atoms with Crippen molar-refractivity contribution < 1.29 is 12.8 Å². The van der Waals surface area contributed by atoms with E-state index < -0.39 is 15.7 Å². The van der Waals surface area contributed by atoms with Crippen molar-refractivity contribution >= 4 is 30.8 Å². The first kappa shape index (κ1) is 10.5. The summed E-state index contributed by atoms with van der Waals surface area (Å²) in [6.45, 7) is 0. The second kappa shape index (κ2) is 3.53. The van der Waals surface area contributed by atoms with Crippen molar-refractivity contribution in [1.29, 1.82) is 0 Å². The maximum atomic E-state index is 12.6. The number of benzene rings is 1. The van der Waals surface area contributed by atoms with Crippen LogP contribution in [0.3, 0.4) is 0 Å². The summed E-state index contributed by atoms with van der Waals surface area (Å²) in [5, 5.41) is -0.0608. The van der Waals surface area contributed by atoms with Crippen molar-refractivity contribution in [3.05, 3.63) is 45.7 Å². The molecule has 15 heavy (non-hydrogen) atoms. The predicted molar refractivity (Wildman–Crippen MR) is 58.9 cm³/mol. The Hall–Kier alpha value is -1.01. The van der Waals surface area contributed by atoms with Crippen molar-refractivity contribution in [1.82, 2.24) is 0 Å². The Balaban J connectivity index is 2.49. The number of nitrogens with zero attached hydrogens (tertiary/aromatic N) is 1. The third-order valence-corrected chi connectivity index (χ3v) is 4.84. The molecular weight excluding hydrogens is 285 g/mol. The largest absolute Gasteiger partial charge is 0.242 e. The zero-order valence-corrected chi connectivity index (χ0v) is 9.72.